The van der Waals surface area contributed by atoms with Crippen molar-refractivity contribution in [3.63, 3.8) is 0 Å². The Morgan fingerprint density at radius 1 is 0.696 bits per heavy atom. The number of allylic oxidation sites excluding steroid dienone is 3. The van der Waals surface area contributed by atoms with Crippen molar-refractivity contribution in [3.8, 4) is 0 Å². The third-order valence-corrected chi connectivity index (χ3v) is 7.91. The Balaban J connectivity index is 5.11. The Bertz CT molecular complexity index is 743. The molecule has 5 atom stereocenters. The van der Waals surface area contributed by atoms with E-state index in [1.54, 1.807) is 0 Å². The zero-order valence-electron chi connectivity index (χ0n) is 30.5. The fourth-order valence-electron chi connectivity index (χ4n) is 5.39. The quantitative estimate of drug-likeness (QED) is 0.0436. The zero-order chi connectivity index (χ0) is 34.4. The molecule has 0 heterocycles. The van der Waals surface area contributed by atoms with E-state index in [4.69, 9.17) is 14.2 Å². The smallest absolute Gasteiger partial charge is 0.224 e. The number of amides is 1. The van der Waals surface area contributed by atoms with Gasteiger partial charge in [0.2, 0.25) is 5.91 Å². The lowest BCUT2D eigenvalue weighted by Crippen LogP contribution is -2.53. The molecule has 0 aliphatic rings. The number of unbranched alkanes of at least 4 members (excludes halogenated alkanes) is 12. The Hall–Kier alpha value is -1.29. The first-order chi connectivity index (χ1) is 22.2. The Kier molecular flexibility index (Phi) is 30.1. The van der Waals surface area contributed by atoms with Crippen LogP contribution in [0.5, 0.6) is 0 Å². The van der Waals surface area contributed by atoms with Gasteiger partial charge in [-0.3, -0.25) is 4.79 Å². The van der Waals surface area contributed by atoms with E-state index in [2.05, 4.69) is 31.3 Å². The van der Waals surface area contributed by atoms with Crippen molar-refractivity contribution in [2.24, 2.45) is 0 Å². The van der Waals surface area contributed by atoms with Crippen molar-refractivity contribution in [1.82, 2.24) is 5.32 Å². The van der Waals surface area contributed by atoms with Gasteiger partial charge in [0, 0.05) is 6.42 Å². The maximum absolute atomic E-state index is 13.0. The molecule has 8 heteroatoms. The van der Waals surface area contributed by atoms with Gasteiger partial charge in [-0.05, 0) is 47.0 Å². The molecule has 0 fully saturated rings. The summed E-state index contributed by atoms with van der Waals surface area (Å²) in [6, 6.07) is -0.620. The van der Waals surface area contributed by atoms with Crippen LogP contribution in [0.2, 0.25) is 0 Å². The molecule has 272 valence electrons. The Morgan fingerprint density at radius 2 is 1.26 bits per heavy atom. The average Bonchev–Trinajstić information content (AvgIpc) is 3.01. The summed E-state index contributed by atoms with van der Waals surface area (Å²) < 4.78 is 17.6. The molecule has 0 radical (unpaired) electrons. The van der Waals surface area contributed by atoms with Crippen LogP contribution < -0.4 is 5.32 Å². The van der Waals surface area contributed by atoms with Gasteiger partial charge in [0.15, 0.2) is 0 Å². The summed E-state index contributed by atoms with van der Waals surface area (Å²) in [7, 11) is 0. The van der Waals surface area contributed by atoms with E-state index in [-0.39, 0.29) is 44.4 Å². The highest BCUT2D eigenvalue weighted by Crippen LogP contribution is 2.18. The molecule has 0 saturated heterocycles. The summed E-state index contributed by atoms with van der Waals surface area (Å²) in [5, 5.41) is 34.5. The van der Waals surface area contributed by atoms with E-state index in [0.717, 1.165) is 38.5 Å². The lowest BCUT2D eigenvalue weighted by Gasteiger charge is -2.33. The second-order valence-corrected chi connectivity index (χ2v) is 13.3. The SMILES string of the molecule is CCCC=CCC=CCC(=O)N[C@@H](COC[C@H](O)[C@H](CO)OC(C)C)[C@H](OC(C)C)[C@H](O)CCCCCCCCCCCCCC. The number of rotatable bonds is 32. The third-order valence-electron chi connectivity index (χ3n) is 7.91. The van der Waals surface area contributed by atoms with Gasteiger partial charge in [0.1, 0.15) is 18.3 Å². The molecule has 1 amide bonds. The molecule has 0 bridgehead atoms. The highest BCUT2D eigenvalue weighted by atomic mass is 16.5. The van der Waals surface area contributed by atoms with Gasteiger partial charge >= 0.3 is 0 Å². The fraction of sp³-hybridized carbons (Fsp3) is 0.868. The molecular formula is C38H73NO7. The summed E-state index contributed by atoms with van der Waals surface area (Å²) in [6.45, 7) is 11.5. The minimum atomic E-state index is -1.04. The van der Waals surface area contributed by atoms with E-state index >= 15 is 0 Å². The van der Waals surface area contributed by atoms with Gasteiger partial charge in [-0.1, -0.05) is 122 Å². The van der Waals surface area contributed by atoms with Gasteiger partial charge in [0.05, 0.1) is 44.2 Å². The van der Waals surface area contributed by atoms with Crippen LogP contribution in [0.15, 0.2) is 24.3 Å². The first-order valence-electron chi connectivity index (χ1n) is 18.6. The molecule has 46 heavy (non-hydrogen) atoms. The number of carbonyl (C=O) groups excluding carboxylic acids is 1. The predicted octanol–water partition coefficient (Wildman–Crippen LogP) is 7.57. The van der Waals surface area contributed by atoms with Crippen LogP contribution in [-0.2, 0) is 19.0 Å². The van der Waals surface area contributed by atoms with Crippen molar-refractivity contribution in [3.05, 3.63) is 24.3 Å². The average molecular weight is 656 g/mol. The number of hydrogen-bond donors (Lipinski definition) is 4. The number of carbonyl (C=O) groups is 1. The summed E-state index contributed by atoms with van der Waals surface area (Å²) in [4.78, 5) is 13.0. The standard InChI is InChI=1S/C38H73NO7/c1-7-9-11-13-15-16-17-18-19-21-22-24-26-34(41)38(46-32(5)6)33(29-44-30-35(42)36(28-40)45-31(3)4)39-37(43)27-25-23-20-14-12-10-8-2/h12,14,23,25,31-36,38,40-42H,7-11,13,15-22,24,26-30H2,1-6H3,(H,39,43)/t33-,34+,35-,36-,38-/m0/s1. The molecule has 0 aliphatic carbocycles. The topological polar surface area (TPSA) is 117 Å². The van der Waals surface area contributed by atoms with Crippen molar-refractivity contribution >= 4 is 5.91 Å². The zero-order valence-corrected chi connectivity index (χ0v) is 30.5. The molecular weight excluding hydrogens is 582 g/mol. The molecule has 0 saturated carbocycles. The number of aliphatic hydroxyl groups is 3. The van der Waals surface area contributed by atoms with Crippen LogP contribution >= 0.6 is 0 Å². The van der Waals surface area contributed by atoms with Crippen LogP contribution in [-0.4, -0.2) is 83.7 Å². The highest BCUT2D eigenvalue weighted by molar-refractivity contribution is 5.77. The van der Waals surface area contributed by atoms with Gasteiger partial charge in [-0.25, -0.2) is 0 Å². The first-order valence-corrected chi connectivity index (χ1v) is 18.6. The van der Waals surface area contributed by atoms with E-state index in [9.17, 15) is 20.1 Å². The Morgan fingerprint density at radius 3 is 1.80 bits per heavy atom. The lowest BCUT2D eigenvalue weighted by atomic mass is 9.98. The lowest BCUT2D eigenvalue weighted by molar-refractivity contribution is -0.133. The number of aliphatic hydroxyl groups excluding tert-OH is 3. The van der Waals surface area contributed by atoms with Gasteiger partial charge in [-0.2, -0.15) is 0 Å². The normalized spacial score (nSPS) is 15.6. The van der Waals surface area contributed by atoms with Gasteiger partial charge in [-0.15, -0.1) is 0 Å². The van der Waals surface area contributed by atoms with E-state index < -0.39 is 30.5 Å². The monoisotopic (exact) mass is 656 g/mol. The molecule has 0 spiro atoms. The molecule has 0 unspecified atom stereocenters. The molecule has 0 rings (SSSR count). The van der Waals surface area contributed by atoms with Crippen molar-refractivity contribution in [2.75, 3.05) is 19.8 Å². The van der Waals surface area contributed by atoms with E-state index in [1.807, 2.05) is 39.8 Å². The van der Waals surface area contributed by atoms with Crippen LogP contribution in [0.4, 0.5) is 0 Å². The van der Waals surface area contributed by atoms with Crippen LogP contribution in [0, 0.1) is 0 Å². The second kappa shape index (κ2) is 31.0. The van der Waals surface area contributed by atoms with Gasteiger partial charge in [0.25, 0.3) is 0 Å². The van der Waals surface area contributed by atoms with Gasteiger partial charge < -0.3 is 34.8 Å². The maximum Gasteiger partial charge on any atom is 0.224 e. The van der Waals surface area contributed by atoms with Crippen molar-refractivity contribution < 1.29 is 34.3 Å². The van der Waals surface area contributed by atoms with Crippen LogP contribution in [0.1, 0.15) is 151 Å². The van der Waals surface area contributed by atoms with Crippen LogP contribution in [0.25, 0.3) is 0 Å². The molecule has 8 nitrogen and oxygen atoms in total. The Labute approximate surface area is 282 Å². The van der Waals surface area contributed by atoms with Crippen molar-refractivity contribution in [1.29, 1.82) is 0 Å². The number of nitrogens with one attached hydrogen (secondary N) is 1. The summed E-state index contributed by atoms with van der Waals surface area (Å²) >= 11 is 0. The second-order valence-electron chi connectivity index (χ2n) is 13.3. The number of hydrogen-bond acceptors (Lipinski definition) is 7. The minimum absolute atomic E-state index is 0.0407. The largest absolute Gasteiger partial charge is 0.394 e. The predicted molar refractivity (Wildman–Crippen MR) is 190 cm³/mol. The summed E-state index contributed by atoms with van der Waals surface area (Å²) in [6.07, 6.45) is 23.2. The van der Waals surface area contributed by atoms with E-state index in [1.165, 1.54) is 57.8 Å². The molecule has 0 aromatic heterocycles. The van der Waals surface area contributed by atoms with E-state index in [0.29, 0.717) is 6.42 Å². The minimum Gasteiger partial charge on any atom is -0.394 e. The molecule has 0 aromatic carbocycles. The fourth-order valence-corrected chi connectivity index (χ4v) is 5.39. The first kappa shape index (κ1) is 44.7. The molecule has 0 aromatic rings. The summed E-state index contributed by atoms with van der Waals surface area (Å²) in [5.41, 5.74) is 0. The summed E-state index contributed by atoms with van der Waals surface area (Å²) in [5.74, 6) is -0.186. The maximum atomic E-state index is 13.0. The molecule has 0 aliphatic heterocycles. The van der Waals surface area contributed by atoms with Crippen molar-refractivity contribution in [2.45, 2.75) is 193 Å². The third kappa shape index (κ3) is 25.8. The highest BCUT2D eigenvalue weighted by Gasteiger charge is 2.32. The number of ether oxygens (including phenoxy) is 3. The van der Waals surface area contributed by atoms with Crippen LogP contribution in [0.3, 0.4) is 0 Å². The molecule has 4 N–H and O–H groups in total.